The number of aliphatic imine (C=N–C) groups is 1. The largest absolute Gasteiger partial charge is 0.369 e. The molecule has 0 spiro atoms. The van der Waals surface area contributed by atoms with E-state index in [-0.39, 0.29) is 5.54 Å². The Morgan fingerprint density at radius 3 is 2.13 bits per heavy atom. The maximum Gasteiger partial charge on any atom is 0.0936 e. The van der Waals surface area contributed by atoms with Crippen molar-refractivity contribution in [2.24, 2.45) is 4.99 Å². The van der Waals surface area contributed by atoms with Crippen molar-refractivity contribution < 1.29 is 0 Å². The first kappa shape index (κ1) is 14.4. The van der Waals surface area contributed by atoms with Crippen molar-refractivity contribution in [1.29, 1.82) is 0 Å². The van der Waals surface area contributed by atoms with Gasteiger partial charge in [0.25, 0.3) is 0 Å². The molecule has 0 aromatic carbocycles. The Morgan fingerprint density at radius 2 is 1.73 bits per heavy atom. The summed E-state index contributed by atoms with van der Waals surface area (Å²) in [4.78, 5) is 6.89. The number of nitrogens with zero attached hydrogens (tertiary/aromatic N) is 2. The van der Waals surface area contributed by atoms with Crippen molar-refractivity contribution in [3.63, 3.8) is 0 Å². The Hall–Kier alpha value is -0.570. The minimum absolute atomic E-state index is 0.114. The van der Waals surface area contributed by atoms with Crippen molar-refractivity contribution in [1.82, 2.24) is 10.2 Å². The van der Waals surface area contributed by atoms with E-state index in [0.717, 1.165) is 32.0 Å². The first-order valence-electron chi connectivity index (χ1n) is 5.90. The fourth-order valence-corrected chi connectivity index (χ4v) is 1.48. The van der Waals surface area contributed by atoms with Gasteiger partial charge in [0, 0.05) is 12.1 Å². The fourth-order valence-electron chi connectivity index (χ4n) is 1.48. The Bertz CT molecular complexity index is 188. The molecule has 0 atom stereocenters. The van der Waals surface area contributed by atoms with Crippen LogP contribution < -0.4 is 5.32 Å². The van der Waals surface area contributed by atoms with Gasteiger partial charge in [-0.1, -0.05) is 13.8 Å². The minimum Gasteiger partial charge on any atom is -0.369 e. The van der Waals surface area contributed by atoms with E-state index >= 15 is 0 Å². The molecule has 0 aromatic rings. The molecule has 0 aliphatic carbocycles. The lowest BCUT2D eigenvalue weighted by molar-refractivity contribution is 0.313. The summed E-state index contributed by atoms with van der Waals surface area (Å²) in [6, 6.07) is 0. The highest BCUT2D eigenvalue weighted by Gasteiger charge is 2.08. The van der Waals surface area contributed by atoms with Gasteiger partial charge in [0.1, 0.15) is 0 Å². The van der Waals surface area contributed by atoms with Crippen LogP contribution in [0.5, 0.6) is 0 Å². The molecule has 0 aliphatic heterocycles. The van der Waals surface area contributed by atoms with Crippen molar-refractivity contribution in [3.05, 3.63) is 0 Å². The molecule has 0 saturated heterocycles. The third-order valence-electron chi connectivity index (χ3n) is 2.22. The van der Waals surface area contributed by atoms with Gasteiger partial charge >= 0.3 is 0 Å². The second-order valence-electron chi connectivity index (χ2n) is 4.87. The van der Waals surface area contributed by atoms with Crippen LogP contribution in [0.3, 0.4) is 0 Å². The van der Waals surface area contributed by atoms with Gasteiger partial charge in [-0.25, -0.2) is 0 Å². The lowest BCUT2D eigenvalue weighted by Crippen LogP contribution is -2.39. The van der Waals surface area contributed by atoms with Crippen molar-refractivity contribution in [3.8, 4) is 0 Å². The van der Waals surface area contributed by atoms with E-state index in [1.807, 2.05) is 6.92 Å². The zero-order valence-corrected chi connectivity index (χ0v) is 11.2. The lowest BCUT2D eigenvalue weighted by Gasteiger charge is -2.22. The van der Waals surface area contributed by atoms with Crippen LogP contribution in [0.1, 0.15) is 41.5 Å². The number of hydrogen-bond acceptors (Lipinski definition) is 2. The Balaban J connectivity index is 3.85. The molecule has 0 aliphatic rings. The molecule has 0 radical (unpaired) electrons. The molecule has 0 rings (SSSR count). The van der Waals surface area contributed by atoms with Crippen molar-refractivity contribution in [2.75, 3.05) is 26.2 Å². The van der Waals surface area contributed by atoms with Gasteiger partial charge in [-0.05, 0) is 40.8 Å². The summed E-state index contributed by atoms with van der Waals surface area (Å²) < 4.78 is 0. The number of amidine groups is 1. The highest BCUT2D eigenvalue weighted by atomic mass is 15.1. The van der Waals surface area contributed by atoms with Gasteiger partial charge in [-0.2, -0.15) is 0 Å². The van der Waals surface area contributed by atoms with Crippen LogP contribution >= 0.6 is 0 Å². The van der Waals surface area contributed by atoms with Crippen LogP contribution in [0, 0.1) is 0 Å². The summed E-state index contributed by atoms with van der Waals surface area (Å²) >= 11 is 0. The van der Waals surface area contributed by atoms with Crippen molar-refractivity contribution in [2.45, 2.75) is 47.1 Å². The molecule has 3 heteroatoms. The third-order valence-corrected chi connectivity index (χ3v) is 2.22. The van der Waals surface area contributed by atoms with Gasteiger partial charge in [0.15, 0.2) is 0 Å². The summed E-state index contributed by atoms with van der Waals surface area (Å²) in [7, 11) is 0. The summed E-state index contributed by atoms with van der Waals surface area (Å²) in [6.07, 6.45) is 0. The van der Waals surface area contributed by atoms with Gasteiger partial charge in [-0.3, -0.25) is 4.99 Å². The molecule has 0 fully saturated rings. The standard InChI is InChI=1S/C12H27N3/c1-7-15(8-2)10-9-13-11(3)14-12(4,5)6/h7-10H2,1-6H3,(H,13,14). The smallest absolute Gasteiger partial charge is 0.0936 e. The summed E-state index contributed by atoms with van der Waals surface area (Å²) in [5.74, 6) is 1.04. The Labute approximate surface area is 95.0 Å². The normalized spacial score (nSPS) is 13.4. The van der Waals surface area contributed by atoms with E-state index in [4.69, 9.17) is 0 Å². The van der Waals surface area contributed by atoms with Crippen molar-refractivity contribution >= 4 is 5.84 Å². The van der Waals surface area contributed by atoms with Crippen LogP contribution in [0.2, 0.25) is 0 Å². The molecule has 90 valence electrons. The van der Waals surface area contributed by atoms with Crippen LogP contribution in [-0.2, 0) is 0 Å². The molecule has 3 nitrogen and oxygen atoms in total. The SMILES string of the molecule is CCN(CC)CCN=C(C)NC(C)(C)C. The molecule has 0 unspecified atom stereocenters. The zero-order chi connectivity index (χ0) is 11.9. The van der Waals surface area contributed by atoms with Gasteiger partial charge in [0.05, 0.1) is 12.4 Å². The predicted octanol–water partition coefficient (Wildman–Crippen LogP) is 2.13. The van der Waals surface area contributed by atoms with E-state index < -0.39 is 0 Å². The van der Waals surface area contributed by atoms with Crippen LogP contribution in [0.4, 0.5) is 0 Å². The quantitative estimate of drug-likeness (QED) is 0.559. The van der Waals surface area contributed by atoms with E-state index in [1.165, 1.54) is 0 Å². The fraction of sp³-hybridized carbons (Fsp3) is 0.917. The number of hydrogen-bond donors (Lipinski definition) is 1. The van der Waals surface area contributed by atoms with Crippen LogP contribution in [-0.4, -0.2) is 42.5 Å². The van der Waals surface area contributed by atoms with E-state index in [0.29, 0.717) is 0 Å². The first-order valence-corrected chi connectivity index (χ1v) is 5.90. The average Bonchev–Trinajstić information content (AvgIpc) is 2.09. The maximum atomic E-state index is 4.51. The van der Waals surface area contributed by atoms with Gasteiger partial charge in [-0.15, -0.1) is 0 Å². The molecule has 0 amide bonds. The average molecular weight is 213 g/mol. The number of rotatable bonds is 5. The maximum absolute atomic E-state index is 4.51. The van der Waals surface area contributed by atoms with E-state index in [1.54, 1.807) is 0 Å². The Kier molecular flexibility index (Phi) is 6.57. The molecule has 0 saturated carbocycles. The number of nitrogens with one attached hydrogen (secondary N) is 1. The van der Waals surface area contributed by atoms with Gasteiger partial charge in [0.2, 0.25) is 0 Å². The van der Waals surface area contributed by atoms with Gasteiger partial charge < -0.3 is 10.2 Å². The highest BCUT2D eigenvalue weighted by Crippen LogP contribution is 1.98. The molecule has 0 bridgehead atoms. The summed E-state index contributed by atoms with van der Waals surface area (Å²) in [5, 5.41) is 3.36. The lowest BCUT2D eigenvalue weighted by atomic mass is 10.1. The second kappa shape index (κ2) is 6.83. The highest BCUT2D eigenvalue weighted by molar-refractivity contribution is 5.80. The zero-order valence-electron chi connectivity index (χ0n) is 11.2. The molecule has 0 aromatic heterocycles. The van der Waals surface area contributed by atoms with Crippen LogP contribution in [0.25, 0.3) is 0 Å². The molecule has 1 N–H and O–H groups in total. The molecular weight excluding hydrogens is 186 g/mol. The predicted molar refractivity (Wildman–Crippen MR) is 68.7 cm³/mol. The van der Waals surface area contributed by atoms with Crippen LogP contribution in [0.15, 0.2) is 4.99 Å². The molecule has 15 heavy (non-hydrogen) atoms. The minimum atomic E-state index is 0.114. The Morgan fingerprint density at radius 1 is 1.20 bits per heavy atom. The molecular formula is C12H27N3. The topological polar surface area (TPSA) is 27.6 Å². The summed E-state index contributed by atoms with van der Waals surface area (Å²) in [5.41, 5.74) is 0.114. The third kappa shape index (κ3) is 8.43. The first-order chi connectivity index (χ1) is 6.89. The summed E-state index contributed by atoms with van der Waals surface area (Å²) in [6.45, 7) is 17.0. The number of likely N-dealkylation sites (N-methyl/N-ethyl adjacent to an activating group) is 1. The molecule has 0 heterocycles. The monoisotopic (exact) mass is 213 g/mol. The van der Waals surface area contributed by atoms with E-state index in [2.05, 4.69) is 49.8 Å². The van der Waals surface area contributed by atoms with E-state index in [9.17, 15) is 0 Å². The second-order valence-corrected chi connectivity index (χ2v) is 4.87.